The van der Waals surface area contributed by atoms with Crippen LogP contribution in [0.4, 0.5) is 0 Å². The minimum atomic E-state index is 0.0401. The Morgan fingerprint density at radius 3 is 1.68 bits per heavy atom. The van der Waals surface area contributed by atoms with Gasteiger partial charge < -0.3 is 28.8 Å². The SMILES string of the molecule is CCC(C)CCC(CC)c1ccc(OCCOCCOCCOCCOCCO)cc1. The van der Waals surface area contributed by atoms with Crippen molar-refractivity contribution in [3.63, 3.8) is 0 Å². The third-order valence-corrected chi connectivity index (χ3v) is 5.40. The molecular weight excluding hydrogens is 396 g/mol. The quantitative estimate of drug-likeness (QED) is 0.285. The second-order valence-electron chi connectivity index (χ2n) is 7.79. The number of hydrogen-bond acceptors (Lipinski definition) is 6. The van der Waals surface area contributed by atoms with Gasteiger partial charge in [0.25, 0.3) is 0 Å². The van der Waals surface area contributed by atoms with Crippen molar-refractivity contribution in [3.05, 3.63) is 29.8 Å². The van der Waals surface area contributed by atoms with E-state index in [1.165, 1.54) is 31.2 Å². The van der Waals surface area contributed by atoms with Crippen LogP contribution in [0.25, 0.3) is 0 Å². The van der Waals surface area contributed by atoms with E-state index in [-0.39, 0.29) is 6.61 Å². The first-order chi connectivity index (χ1) is 15.2. The van der Waals surface area contributed by atoms with Crippen molar-refractivity contribution in [1.82, 2.24) is 0 Å². The van der Waals surface area contributed by atoms with Crippen LogP contribution in [-0.2, 0) is 18.9 Å². The molecule has 6 heteroatoms. The molecule has 1 aromatic carbocycles. The van der Waals surface area contributed by atoms with Gasteiger partial charge in [0.15, 0.2) is 0 Å². The van der Waals surface area contributed by atoms with Crippen LogP contribution in [0.2, 0.25) is 0 Å². The van der Waals surface area contributed by atoms with Crippen molar-refractivity contribution in [1.29, 1.82) is 0 Å². The van der Waals surface area contributed by atoms with Crippen LogP contribution in [0.5, 0.6) is 5.75 Å². The Morgan fingerprint density at radius 1 is 0.677 bits per heavy atom. The van der Waals surface area contributed by atoms with Crippen molar-refractivity contribution in [2.24, 2.45) is 5.92 Å². The zero-order chi connectivity index (χ0) is 22.6. The van der Waals surface area contributed by atoms with Crippen molar-refractivity contribution in [2.75, 3.05) is 66.1 Å². The zero-order valence-corrected chi connectivity index (χ0v) is 19.9. The summed E-state index contributed by atoms with van der Waals surface area (Å²) in [4.78, 5) is 0. The van der Waals surface area contributed by atoms with Gasteiger partial charge in [-0.25, -0.2) is 0 Å². The van der Waals surface area contributed by atoms with E-state index in [4.69, 9.17) is 28.8 Å². The summed E-state index contributed by atoms with van der Waals surface area (Å²) >= 11 is 0. The molecule has 0 aliphatic heterocycles. The second-order valence-corrected chi connectivity index (χ2v) is 7.79. The Hall–Kier alpha value is -1.18. The molecule has 2 unspecified atom stereocenters. The van der Waals surface area contributed by atoms with Gasteiger partial charge in [0.2, 0.25) is 0 Å². The van der Waals surface area contributed by atoms with E-state index in [0.29, 0.717) is 65.4 Å². The van der Waals surface area contributed by atoms with Gasteiger partial charge >= 0.3 is 0 Å². The van der Waals surface area contributed by atoms with Gasteiger partial charge in [-0.3, -0.25) is 0 Å². The van der Waals surface area contributed by atoms with Crippen molar-refractivity contribution >= 4 is 0 Å². The number of hydrogen-bond donors (Lipinski definition) is 1. The number of rotatable bonds is 21. The van der Waals surface area contributed by atoms with Crippen LogP contribution in [0.1, 0.15) is 57.9 Å². The summed E-state index contributed by atoms with van der Waals surface area (Å²) in [7, 11) is 0. The number of aliphatic hydroxyl groups excluding tert-OH is 1. The third-order valence-electron chi connectivity index (χ3n) is 5.40. The lowest BCUT2D eigenvalue weighted by molar-refractivity contribution is -0.00779. The average Bonchev–Trinajstić information content (AvgIpc) is 2.80. The smallest absolute Gasteiger partial charge is 0.119 e. The molecular formula is C25H44O6. The van der Waals surface area contributed by atoms with Crippen LogP contribution < -0.4 is 4.74 Å². The standard InChI is InChI=1S/C25H44O6/c1-4-22(3)6-7-23(5-2)24-8-10-25(11-9-24)31-21-20-30-19-18-29-17-16-28-15-14-27-13-12-26/h8-11,22-23,26H,4-7,12-21H2,1-3H3. The summed E-state index contributed by atoms with van der Waals surface area (Å²) in [5, 5.41) is 8.57. The topological polar surface area (TPSA) is 66.4 Å². The fourth-order valence-corrected chi connectivity index (χ4v) is 3.18. The second kappa shape index (κ2) is 19.5. The molecule has 2 atom stereocenters. The summed E-state index contributed by atoms with van der Waals surface area (Å²) in [6, 6.07) is 8.55. The van der Waals surface area contributed by atoms with E-state index in [2.05, 4.69) is 45.0 Å². The molecule has 0 aliphatic rings. The fraction of sp³-hybridized carbons (Fsp3) is 0.760. The fourth-order valence-electron chi connectivity index (χ4n) is 3.18. The molecule has 0 saturated heterocycles. The molecule has 1 N–H and O–H groups in total. The highest BCUT2D eigenvalue weighted by Gasteiger charge is 2.11. The third kappa shape index (κ3) is 14.5. The maximum absolute atomic E-state index is 8.57. The summed E-state index contributed by atoms with van der Waals surface area (Å²) in [5.41, 5.74) is 1.41. The molecule has 0 saturated carbocycles. The first-order valence-corrected chi connectivity index (χ1v) is 11.9. The van der Waals surface area contributed by atoms with Gasteiger partial charge in [-0.15, -0.1) is 0 Å². The van der Waals surface area contributed by atoms with Crippen molar-refractivity contribution in [2.45, 2.75) is 52.4 Å². The predicted octanol–water partition coefficient (Wildman–Crippen LogP) is 4.44. The summed E-state index contributed by atoms with van der Waals surface area (Å²) in [6.07, 6.45) is 4.99. The highest BCUT2D eigenvalue weighted by atomic mass is 16.6. The molecule has 0 aliphatic carbocycles. The van der Waals surface area contributed by atoms with E-state index in [1.807, 2.05) is 0 Å². The van der Waals surface area contributed by atoms with Gasteiger partial charge in [0, 0.05) is 0 Å². The average molecular weight is 441 g/mol. The number of aliphatic hydroxyl groups is 1. The zero-order valence-electron chi connectivity index (χ0n) is 19.9. The van der Waals surface area contributed by atoms with E-state index >= 15 is 0 Å². The molecule has 0 heterocycles. The molecule has 0 amide bonds. The van der Waals surface area contributed by atoms with E-state index in [9.17, 15) is 0 Å². The molecule has 1 rings (SSSR count). The maximum atomic E-state index is 8.57. The van der Waals surface area contributed by atoms with Crippen LogP contribution in [0, 0.1) is 5.92 Å². The van der Waals surface area contributed by atoms with E-state index < -0.39 is 0 Å². The highest BCUT2D eigenvalue weighted by molar-refractivity contribution is 5.29. The van der Waals surface area contributed by atoms with Gasteiger partial charge in [-0.2, -0.15) is 0 Å². The van der Waals surface area contributed by atoms with Crippen LogP contribution in [-0.4, -0.2) is 71.2 Å². The monoisotopic (exact) mass is 440 g/mol. The number of ether oxygens (including phenoxy) is 5. The lowest BCUT2D eigenvalue weighted by Gasteiger charge is -2.18. The normalized spacial score (nSPS) is 13.3. The molecule has 1 aromatic rings. The minimum Gasteiger partial charge on any atom is -0.491 e. The van der Waals surface area contributed by atoms with E-state index in [0.717, 1.165) is 11.7 Å². The molecule has 180 valence electrons. The molecule has 0 fully saturated rings. The molecule has 31 heavy (non-hydrogen) atoms. The van der Waals surface area contributed by atoms with E-state index in [1.54, 1.807) is 0 Å². The van der Waals surface area contributed by atoms with Gasteiger partial charge in [-0.05, 0) is 42.4 Å². The lowest BCUT2D eigenvalue weighted by Crippen LogP contribution is -2.14. The van der Waals surface area contributed by atoms with Crippen LogP contribution >= 0.6 is 0 Å². The Bertz CT molecular complexity index is 507. The van der Waals surface area contributed by atoms with Crippen molar-refractivity contribution < 1.29 is 28.8 Å². The molecule has 0 spiro atoms. The Morgan fingerprint density at radius 2 is 1.19 bits per heavy atom. The first-order valence-electron chi connectivity index (χ1n) is 11.9. The first kappa shape index (κ1) is 27.9. The van der Waals surface area contributed by atoms with Crippen LogP contribution in [0.3, 0.4) is 0 Å². The Balaban J connectivity index is 2.02. The summed E-state index contributed by atoms with van der Waals surface area (Å²) < 4.78 is 27.2. The van der Waals surface area contributed by atoms with Crippen LogP contribution in [0.15, 0.2) is 24.3 Å². The predicted molar refractivity (Wildman–Crippen MR) is 124 cm³/mol. The maximum Gasteiger partial charge on any atom is 0.119 e. The largest absolute Gasteiger partial charge is 0.491 e. The Labute approximate surface area is 189 Å². The number of benzene rings is 1. The van der Waals surface area contributed by atoms with Gasteiger partial charge in [-0.1, -0.05) is 45.7 Å². The van der Waals surface area contributed by atoms with Gasteiger partial charge in [0.05, 0.1) is 59.5 Å². The lowest BCUT2D eigenvalue weighted by atomic mass is 9.88. The molecule has 6 nitrogen and oxygen atoms in total. The van der Waals surface area contributed by atoms with Crippen molar-refractivity contribution in [3.8, 4) is 5.75 Å². The minimum absolute atomic E-state index is 0.0401. The summed E-state index contributed by atoms with van der Waals surface area (Å²) in [5.74, 6) is 2.33. The molecule has 0 aromatic heterocycles. The highest BCUT2D eigenvalue weighted by Crippen LogP contribution is 2.28. The van der Waals surface area contributed by atoms with Gasteiger partial charge in [0.1, 0.15) is 12.4 Å². The summed E-state index contributed by atoms with van der Waals surface area (Å²) in [6.45, 7) is 11.5. The molecule has 0 bridgehead atoms. The Kier molecular flexibility index (Phi) is 17.5. The molecule has 0 radical (unpaired) electrons.